The number of hydrogen-bond acceptors (Lipinski definition) is 5. The quantitative estimate of drug-likeness (QED) is 0.446. The second-order valence-corrected chi connectivity index (χ2v) is 10.5. The molecular weight excluding hydrogens is 442 g/mol. The zero-order valence-corrected chi connectivity index (χ0v) is 20.6. The zero-order chi connectivity index (χ0) is 25.2. The molecule has 0 aromatic heterocycles. The Hall–Kier alpha value is -2.70. The normalized spacial score (nSPS) is 40.0. The molecule has 1 aromatic carbocycles. The van der Waals surface area contributed by atoms with Crippen molar-refractivity contribution in [1.29, 1.82) is 0 Å². The molecule has 3 N–H and O–H groups in total. The van der Waals surface area contributed by atoms with Gasteiger partial charge in [-0.3, -0.25) is 4.79 Å². The lowest BCUT2D eigenvalue weighted by Crippen LogP contribution is -2.61. The summed E-state index contributed by atoms with van der Waals surface area (Å²) < 4.78 is 6.05. The van der Waals surface area contributed by atoms with Crippen LogP contribution >= 0.6 is 0 Å². The minimum atomic E-state index is -1.57. The molecule has 3 aliphatic rings. The SMILES string of the molecule is C=C1[C@@H](C)[C@H]2[C@@H](Cc3ccccc3)NC(=O)[C@@]23OC(=O)/C=C\[C@@H](O)CCC[C@@H](C)C/C=C\[C@H]3[C@H]1O. The number of hydrogen-bond donors (Lipinski definition) is 3. The van der Waals surface area contributed by atoms with Crippen molar-refractivity contribution < 1.29 is 24.5 Å². The van der Waals surface area contributed by atoms with E-state index in [1.165, 1.54) is 12.2 Å². The Bertz CT molecular complexity index is 1000. The highest BCUT2D eigenvalue weighted by Gasteiger charge is 2.67. The molecule has 1 saturated heterocycles. The minimum absolute atomic E-state index is 0.262. The predicted octanol–water partition coefficient (Wildman–Crippen LogP) is 3.49. The smallest absolute Gasteiger partial charge is 0.331 e. The van der Waals surface area contributed by atoms with Crippen LogP contribution in [0.3, 0.4) is 0 Å². The Labute approximate surface area is 207 Å². The summed E-state index contributed by atoms with van der Waals surface area (Å²) in [5.41, 5.74) is 0.136. The van der Waals surface area contributed by atoms with E-state index in [2.05, 4.69) is 18.8 Å². The number of benzene rings is 1. The fourth-order valence-electron chi connectivity index (χ4n) is 6.09. The van der Waals surface area contributed by atoms with Crippen molar-refractivity contribution in [2.45, 2.75) is 69.8 Å². The number of aliphatic hydroxyl groups is 2. The van der Waals surface area contributed by atoms with Crippen LogP contribution in [0.2, 0.25) is 0 Å². The van der Waals surface area contributed by atoms with E-state index >= 15 is 0 Å². The molecule has 2 aliphatic heterocycles. The molecule has 6 heteroatoms. The minimum Gasteiger partial charge on any atom is -0.445 e. The Balaban J connectivity index is 1.78. The van der Waals surface area contributed by atoms with Crippen LogP contribution in [0, 0.1) is 23.7 Å². The van der Waals surface area contributed by atoms with Crippen LogP contribution in [0.15, 0.2) is 66.8 Å². The lowest BCUT2D eigenvalue weighted by atomic mass is 9.59. The van der Waals surface area contributed by atoms with Gasteiger partial charge in [0.05, 0.1) is 18.1 Å². The average Bonchev–Trinajstić information content (AvgIpc) is 3.09. The van der Waals surface area contributed by atoms with Crippen LogP contribution in [-0.4, -0.2) is 45.9 Å². The summed E-state index contributed by atoms with van der Waals surface area (Å²) in [4.78, 5) is 26.8. The number of allylic oxidation sites excluding steroid dienone is 1. The van der Waals surface area contributed by atoms with Gasteiger partial charge in [-0.25, -0.2) is 4.79 Å². The van der Waals surface area contributed by atoms with Crippen LogP contribution in [0.5, 0.6) is 0 Å². The Morgan fingerprint density at radius 2 is 1.86 bits per heavy atom. The standard InChI is InChI=1S/C29H37NO5/c1-18-9-7-13-22(31)15-16-25(32)35-29-23(14-8-10-18)27(33)20(3)19(2)26(29)24(30-28(29)34)17-21-11-5-4-6-12-21/h4-6,8,11-12,14-16,18-19,22-24,26-27,31,33H,3,7,9-10,13,17H2,1-2H3,(H,30,34)/b14-8-,16-15-/t18-,19-,22+,23+,24-,26+,27+,29+/m1/s1. The number of aliphatic hydroxyl groups excluding tert-OH is 2. The number of rotatable bonds is 2. The van der Waals surface area contributed by atoms with Gasteiger partial charge in [0.1, 0.15) is 0 Å². The fourth-order valence-corrected chi connectivity index (χ4v) is 6.09. The summed E-state index contributed by atoms with van der Waals surface area (Å²) in [5, 5.41) is 24.7. The molecule has 8 atom stereocenters. The number of esters is 1. The molecular formula is C29H37NO5. The molecule has 2 heterocycles. The summed E-state index contributed by atoms with van der Waals surface area (Å²) in [7, 11) is 0. The summed E-state index contributed by atoms with van der Waals surface area (Å²) in [5.74, 6) is -2.13. The number of ether oxygens (including phenoxy) is 1. The first-order valence-electron chi connectivity index (χ1n) is 12.7. The van der Waals surface area contributed by atoms with Crippen LogP contribution in [0.1, 0.15) is 45.1 Å². The Kier molecular flexibility index (Phi) is 7.62. The van der Waals surface area contributed by atoms with Gasteiger partial charge in [-0.1, -0.05) is 75.8 Å². The van der Waals surface area contributed by atoms with Crippen LogP contribution < -0.4 is 5.32 Å². The number of amides is 1. The van der Waals surface area contributed by atoms with E-state index in [-0.39, 0.29) is 17.9 Å². The molecule has 1 saturated carbocycles. The predicted molar refractivity (Wildman–Crippen MR) is 134 cm³/mol. The monoisotopic (exact) mass is 479 g/mol. The first-order chi connectivity index (χ1) is 16.7. The van der Waals surface area contributed by atoms with E-state index in [4.69, 9.17) is 4.74 Å². The van der Waals surface area contributed by atoms with Gasteiger partial charge in [0, 0.05) is 18.0 Å². The van der Waals surface area contributed by atoms with Crippen molar-refractivity contribution in [2.24, 2.45) is 23.7 Å². The van der Waals surface area contributed by atoms with Crippen LogP contribution in [-0.2, 0) is 20.7 Å². The van der Waals surface area contributed by atoms with Crippen molar-refractivity contribution in [2.75, 3.05) is 0 Å². The molecule has 1 aromatic rings. The highest BCUT2D eigenvalue weighted by atomic mass is 16.6. The van der Waals surface area contributed by atoms with Gasteiger partial charge < -0.3 is 20.3 Å². The lowest BCUT2D eigenvalue weighted by Gasteiger charge is -2.49. The van der Waals surface area contributed by atoms with E-state index in [0.29, 0.717) is 24.3 Å². The third kappa shape index (κ3) is 5.00. The Morgan fingerprint density at radius 1 is 1.11 bits per heavy atom. The van der Waals surface area contributed by atoms with E-state index in [9.17, 15) is 19.8 Å². The number of carbonyl (C=O) groups excluding carboxylic acids is 2. The van der Waals surface area contributed by atoms with Crippen molar-refractivity contribution in [3.8, 4) is 0 Å². The second kappa shape index (κ2) is 10.5. The second-order valence-electron chi connectivity index (χ2n) is 10.5. The van der Waals surface area contributed by atoms with Gasteiger partial charge >= 0.3 is 5.97 Å². The van der Waals surface area contributed by atoms with Crippen molar-refractivity contribution in [3.05, 3.63) is 72.4 Å². The molecule has 4 rings (SSSR count). The van der Waals surface area contributed by atoms with Gasteiger partial charge in [0.25, 0.3) is 5.91 Å². The summed E-state index contributed by atoms with van der Waals surface area (Å²) >= 11 is 0. The van der Waals surface area contributed by atoms with Crippen molar-refractivity contribution >= 4 is 11.9 Å². The van der Waals surface area contributed by atoms with Gasteiger partial charge in [0.2, 0.25) is 5.60 Å². The maximum absolute atomic E-state index is 13.7. The lowest BCUT2D eigenvalue weighted by molar-refractivity contribution is -0.182. The maximum Gasteiger partial charge on any atom is 0.331 e. The largest absolute Gasteiger partial charge is 0.445 e. The average molecular weight is 480 g/mol. The highest BCUT2D eigenvalue weighted by Crippen LogP contribution is 2.52. The van der Waals surface area contributed by atoms with Crippen molar-refractivity contribution in [3.63, 3.8) is 0 Å². The maximum atomic E-state index is 13.7. The number of carbonyl (C=O) groups is 2. The summed E-state index contributed by atoms with van der Waals surface area (Å²) in [6, 6.07) is 9.59. The fraction of sp³-hybridized carbons (Fsp3) is 0.517. The van der Waals surface area contributed by atoms with E-state index in [0.717, 1.165) is 24.8 Å². The molecule has 1 spiro atoms. The molecule has 1 amide bonds. The molecule has 188 valence electrons. The van der Waals surface area contributed by atoms with E-state index in [1.807, 2.05) is 49.4 Å². The summed E-state index contributed by atoms with van der Waals surface area (Å²) in [6.07, 6.45) is 8.39. The highest BCUT2D eigenvalue weighted by molar-refractivity contribution is 5.94. The molecule has 0 radical (unpaired) electrons. The molecule has 35 heavy (non-hydrogen) atoms. The third-order valence-corrected chi connectivity index (χ3v) is 8.04. The topological polar surface area (TPSA) is 95.9 Å². The van der Waals surface area contributed by atoms with Gasteiger partial charge in [-0.2, -0.15) is 0 Å². The van der Waals surface area contributed by atoms with Crippen LogP contribution in [0.4, 0.5) is 0 Å². The van der Waals surface area contributed by atoms with Gasteiger partial charge in [-0.15, -0.1) is 0 Å². The summed E-state index contributed by atoms with van der Waals surface area (Å²) in [6.45, 7) is 8.27. The van der Waals surface area contributed by atoms with Crippen LogP contribution in [0.25, 0.3) is 0 Å². The molecule has 6 nitrogen and oxygen atoms in total. The Morgan fingerprint density at radius 3 is 2.60 bits per heavy atom. The van der Waals surface area contributed by atoms with Gasteiger partial charge in [0.15, 0.2) is 0 Å². The third-order valence-electron chi connectivity index (χ3n) is 8.04. The van der Waals surface area contributed by atoms with Gasteiger partial charge in [-0.05, 0) is 48.3 Å². The first-order valence-corrected chi connectivity index (χ1v) is 12.7. The first kappa shape index (κ1) is 25.4. The van der Waals surface area contributed by atoms with Crippen molar-refractivity contribution in [1.82, 2.24) is 5.32 Å². The zero-order valence-electron chi connectivity index (χ0n) is 20.6. The molecule has 0 bridgehead atoms. The van der Waals surface area contributed by atoms with E-state index < -0.39 is 35.6 Å². The molecule has 0 unspecified atom stereocenters. The number of nitrogens with one attached hydrogen (secondary N) is 1. The molecule has 2 fully saturated rings. The van der Waals surface area contributed by atoms with E-state index in [1.54, 1.807) is 0 Å². The molecule has 1 aliphatic carbocycles.